The highest BCUT2D eigenvalue weighted by molar-refractivity contribution is 7.17. The average Bonchev–Trinajstić information content (AvgIpc) is 3.23. The molecule has 18 heteroatoms. The molecule has 3 aromatic rings. The summed E-state index contributed by atoms with van der Waals surface area (Å²) in [7, 11) is 0.999. The molecular formula is C23H28N4O13S. The summed E-state index contributed by atoms with van der Waals surface area (Å²) in [6.45, 7) is 0.668. The van der Waals surface area contributed by atoms with Crippen molar-refractivity contribution < 1.29 is 65.7 Å². The molecule has 2 aromatic carbocycles. The van der Waals surface area contributed by atoms with E-state index in [1.807, 2.05) is 0 Å². The molecular weight excluding hydrogens is 572 g/mol. The highest BCUT2D eigenvalue weighted by atomic mass is 32.1. The van der Waals surface area contributed by atoms with E-state index in [0.29, 0.717) is 11.3 Å². The highest BCUT2D eigenvalue weighted by Gasteiger charge is 2.41. The minimum Gasteiger partial charge on any atom is -0.504 e. The molecule has 0 spiro atoms. The van der Waals surface area contributed by atoms with Crippen LogP contribution in [0.3, 0.4) is 0 Å². The first-order valence-corrected chi connectivity index (χ1v) is 12.3. The van der Waals surface area contributed by atoms with Crippen LogP contribution in [-0.2, 0) is 22.4 Å². The smallest absolute Gasteiger partial charge is 0.254 e. The number of aliphatic hydroxyl groups is 2. The quantitative estimate of drug-likeness (QED) is 0.0808. The van der Waals surface area contributed by atoms with Crippen LogP contribution < -0.4 is 16.4 Å². The number of nitrogens with two attached hydrogens (primary N) is 1. The minimum absolute atomic E-state index is 0.0119. The number of benzene rings is 2. The molecule has 0 bridgehead atoms. The van der Waals surface area contributed by atoms with E-state index in [4.69, 9.17) is 10.5 Å². The van der Waals surface area contributed by atoms with Crippen molar-refractivity contribution in [2.45, 2.75) is 31.8 Å². The SMILES string of the molecule is COC(c1c(C)c(O)c(O)c(O)c1O)C(O)(O)NCCc1c(O)c(O)c(NC(=O)Cc2nc(N)sc2O)c(O)c1O. The fourth-order valence-electron chi connectivity index (χ4n) is 4.02. The maximum Gasteiger partial charge on any atom is 0.254 e. The largest absolute Gasteiger partial charge is 0.504 e. The molecule has 0 fully saturated rings. The Kier molecular flexibility index (Phi) is 8.65. The highest BCUT2D eigenvalue weighted by Crippen LogP contribution is 2.51. The third-order valence-electron chi connectivity index (χ3n) is 6.09. The average molecular weight is 601 g/mol. The number of aromatic nitrogens is 1. The number of amides is 1. The number of phenolic OH excluding ortho intramolecular Hbond substituents is 8. The Morgan fingerprint density at radius 2 is 1.49 bits per heavy atom. The number of phenols is 8. The molecule has 0 saturated carbocycles. The summed E-state index contributed by atoms with van der Waals surface area (Å²) in [4.78, 5) is 16.1. The van der Waals surface area contributed by atoms with Gasteiger partial charge in [0.05, 0.1) is 6.42 Å². The number of carbonyl (C=O) groups is 1. The lowest BCUT2D eigenvalue weighted by Crippen LogP contribution is -2.51. The van der Waals surface area contributed by atoms with Crippen molar-refractivity contribution in [2.75, 3.05) is 24.7 Å². The lowest BCUT2D eigenvalue weighted by Gasteiger charge is -2.32. The minimum atomic E-state index is -3.05. The molecule has 41 heavy (non-hydrogen) atoms. The van der Waals surface area contributed by atoms with E-state index in [-0.39, 0.29) is 21.5 Å². The fraction of sp³-hybridized carbons (Fsp3) is 0.304. The van der Waals surface area contributed by atoms with Gasteiger partial charge >= 0.3 is 0 Å². The number of anilines is 2. The molecule has 1 heterocycles. The number of thiazole rings is 1. The van der Waals surface area contributed by atoms with E-state index in [9.17, 15) is 61.0 Å². The van der Waals surface area contributed by atoms with Crippen molar-refractivity contribution in [2.24, 2.45) is 0 Å². The van der Waals surface area contributed by atoms with E-state index in [1.165, 1.54) is 6.92 Å². The standard InChI is InChI=1S/C23H28N4O13S/c1-6-10(15(32)19(36)18(35)12(6)29)20(40-2)23(38,39)25-4-3-7-13(30)16(33)11(17(34)14(7)31)27-9(28)5-8-21(37)41-22(24)26-8/h20,25,29-39H,3-5H2,1-2H3,(H2,24,26)(H,27,28). The number of nitrogens with one attached hydrogen (secondary N) is 2. The Labute approximate surface area is 234 Å². The number of hydrogen-bond donors (Lipinski definition) is 14. The Hall–Kier alpha value is -4.62. The zero-order valence-corrected chi connectivity index (χ0v) is 22.2. The number of methoxy groups -OCH3 is 1. The van der Waals surface area contributed by atoms with Crippen LogP contribution in [0.4, 0.5) is 10.8 Å². The van der Waals surface area contributed by atoms with Crippen molar-refractivity contribution in [3.8, 4) is 51.1 Å². The molecule has 15 N–H and O–H groups in total. The maximum atomic E-state index is 12.3. The number of aromatic hydroxyl groups is 9. The van der Waals surface area contributed by atoms with Gasteiger partial charge in [0.1, 0.15) is 11.4 Å². The molecule has 0 saturated heterocycles. The lowest BCUT2D eigenvalue weighted by atomic mass is 9.97. The van der Waals surface area contributed by atoms with Gasteiger partial charge in [0.25, 0.3) is 5.91 Å². The number of nitrogen functional groups attached to an aromatic ring is 1. The van der Waals surface area contributed by atoms with Crippen LogP contribution >= 0.6 is 11.3 Å². The molecule has 3 rings (SSSR count). The second-order valence-electron chi connectivity index (χ2n) is 8.73. The lowest BCUT2D eigenvalue weighted by molar-refractivity contribution is -0.255. The molecule has 0 aliphatic heterocycles. The molecule has 1 atom stereocenters. The van der Waals surface area contributed by atoms with Crippen molar-refractivity contribution in [3.05, 3.63) is 22.4 Å². The van der Waals surface area contributed by atoms with Crippen LogP contribution in [0.15, 0.2) is 0 Å². The van der Waals surface area contributed by atoms with Crippen LogP contribution in [0.2, 0.25) is 0 Å². The summed E-state index contributed by atoms with van der Waals surface area (Å²) in [6, 6.07) is 0. The Balaban J connectivity index is 1.80. The summed E-state index contributed by atoms with van der Waals surface area (Å²) < 4.78 is 5.03. The van der Waals surface area contributed by atoms with Crippen LogP contribution in [0, 0.1) is 6.92 Å². The predicted octanol–water partition coefficient (Wildman–Crippen LogP) is -0.276. The van der Waals surface area contributed by atoms with Crippen LogP contribution in [-0.4, -0.2) is 86.6 Å². The van der Waals surface area contributed by atoms with E-state index >= 15 is 0 Å². The van der Waals surface area contributed by atoms with Crippen molar-refractivity contribution in [3.63, 3.8) is 0 Å². The second-order valence-corrected chi connectivity index (χ2v) is 9.74. The first-order valence-electron chi connectivity index (χ1n) is 11.4. The monoisotopic (exact) mass is 600 g/mol. The molecule has 1 aromatic heterocycles. The van der Waals surface area contributed by atoms with Crippen LogP contribution in [0.5, 0.6) is 51.1 Å². The van der Waals surface area contributed by atoms with E-state index in [0.717, 1.165) is 7.11 Å². The summed E-state index contributed by atoms with van der Waals surface area (Å²) >= 11 is 0.714. The number of rotatable bonds is 10. The number of hydrogen-bond acceptors (Lipinski definition) is 17. The first kappa shape index (κ1) is 30.9. The predicted molar refractivity (Wildman–Crippen MR) is 140 cm³/mol. The van der Waals surface area contributed by atoms with E-state index in [1.54, 1.807) is 0 Å². The Morgan fingerprint density at radius 3 is 2.00 bits per heavy atom. The molecule has 1 amide bonds. The zero-order chi connectivity index (χ0) is 31.0. The topological polar surface area (TPSA) is 312 Å². The fourth-order valence-corrected chi connectivity index (χ4v) is 4.61. The van der Waals surface area contributed by atoms with Crippen molar-refractivity contribution in [1.82, 2.24) is 10.3 Å². The summed E-state index contributed by atoms with van der Waals surface area (Å²) in [5.41, 5.74) is 3.33. The zero-order valence-electron chi connectivity index (χ0n) is 21.4. The normalized spacial score (nSPS) is 12.4. The summed E-state index contributed by atoms with van der Waals surface area (Å²) in [5, 5.41) is 116. The molecule has 1 unspecified atom stereocenters. The van der Waals surface area contributed by atoms with Gasteiger partial charge in [0.15, 0.2) is 50.8 Å². The molecule has 17 nitrogen and oxygen atoms in total. The summed E-state index contributed by atoms with van der Waals surface area (Å²) in [5.74, 6) is -12.1. The van der Waals surface area contributed by atoms with Gasteiger partial charge in [-0.25, -0.2) is 4.98 Å². The van der Waals surface area contributed by atoms with Crippen molar-refractivity contribution in [1.29, 1.82) is 0 Å². The number of nitrogens with zero attached hydrogens (tertiary/aromatic N) is 1. The van der Waals surface area contributed by atoms with E-state index in [2.05, 4.69) is 15.6 Å². The Bertz CT molecular complexity index is 1430. The van der Waals surface area contributed by atoms with Gasteiger partial charge in [-0.1, -0.05) is 11.3 Å². The van der Waals surface area contributed by atoms with Gasteiger partial charge < -0.3 is 72.0 Å². The third-order valence-corrected chi connectivity index (χ3v) is 6.82. The van der Waals surface area contributed by atoms with Gasteiger partial charge in [-0.3, -0.25) is 10.1 Å². The van der Waals surface area contributed by atoms with Crippen LogP contribution in [0.1, 0.15) is 28.5 Å². The van der Waals surface area contributed by atoms with Gasteiger partial charge in [-0.2, -0.15) is 0 Å². The van der Waals surface area contributed by atoms with Crippen LogP contribution in [0.25, 0.3) is 0 Å². The number of ether oxygens (including phenoxy) is 1. The van der Waals surface area contributed by atoms with Gasteiger partial charge in [-0.05, 0) is 13.3 Å². The Morgan fingerprint density at radius 1 is 0.927 bits per heavy atom. The summed E-state index contributed by atoms with van der Waals surface area (Å²) in [6.07, 6.45) is -2.92. The molecule has 0 aliphatic carbocycles. The molecule has 224 valence electrons. The van der Waals surface area contributed by atoms with E-state index < -0.39 is 100 Å². The third kappa shape index (κ3) is 5.81. The van der Waals surface area contributed by atoms with Gasteiger partial charge in [0.2, 0.25) is 17.4 Å². The number of carbonyl (C=O) groups excluding carboxylic acids is 1. The van der Waals surface area contributed by atoms with Gasteiger partial charge in [-0.15, -0.1) is 0 Å². The molecule has 0 radical (unpaired) electrons. The second kappa shape index (κ2) is 11.5. The van der Waals surface area contributed by atoms with Crippen molar-refractivity contribution >= 4 is 28.1 Å². The maximum absolute atomic E-state index is 12.3. The first-order chi connectivity index (χ1) is 19.0. The van der Waals surface area contributed by atoms with Gasteiger partial charge in [0, 0.05) is 30.3 Å². The molecule has 0 aliphatic rings.